The highest BCUT2D eigenvalue weighted by atomic mass is 35.5. The highest BCUT2D eigenvalue weighted by Crippen LogP contribution is 2.23. The number of nitrogens with zero attached hydrogens (tertiary/aromatic N) is 3. The van der Waals surface area contributed by atoms with E-state index in [2.05, 4.69) is 20.3 Å². The number of hydrogen-bond donors (Lipinski definition) is 3. The first-order valence-corrected chi connectivity index (χ1v) is 8.11. The lowest BCUT2D eigenvalue weighted by molar-refractivity contribution is 0.110. The molecule has 0 amide bonds. The molecular formula is C15H17ClFN5O3. The predicted molar refractivity (Wildman–Crippen MR) is 87.5 cm³/mol. The van der Waals surface area contributed by atoms with E-state index in [1.165, 1.54) is 12.1 Å². The Balaban J connectivity index is 1.65. The minimum atomic E-state index is -0.618. The van der Waals surface area contributed by atoms with E-state index in [1.807, 2.05) is 0 Å². The maximum atomic E-state index is 13.2. The van der Waals surface area contributed by atoms with E-state index in [4.69, 9.17) is 21.7 Å². The van der Waals surface area contributed by atoms with Gasteiger partial charge in [-0.1, -0.05) is 16.8 Å². The number of rotatable bonds is 6. The maximum Gasteiger partial charge on any atom is 0.182 e. The Morgan fingerprint density at radius 2 is 2.32 bits per heavy atom. The summed E-state index contributed by atoms with van der Waals surface area (Å²) in [6.07, 6.45) is 2.22. The Morgan fingerprint density at radius 3 is 3.04 bits per heavy atom. The molecule has 1 fully saturated rings. The van der Waals surface area contributed by atoms with Gasteiger partial charge < -0.3 is 10.1 Å². The molecule has 1 aliphatic rings. The Labute approximate surface area is 147 Å². The number of benzene rings is 1. The van der Waals surface area contributed by atoms with Crippen molar-refractivity contribution in [3.05, 3.63) is 40.4 Å². The highest BCUT2D eigenvalue weighted by Gasteiger charge is 2.22. The number of aromatic nitrogens is 2. The van der Waals surface area contributed by atoms with Crippen LogP contribution in [0.15, 0.2) is 22.8 Å². The van der Waals surface area contributed by atoms with Crippen LogP contribution in [0.1, 0.15) is 24.2 Å². The minimum absolute atomic E-state index is 0.0720. The van der Waals surface area contributed by atoms with Crippen molar-refractivity contribution in [2.45, 2.75) is 25.5 Å². The monoisotopic (exact) mass is 369 g/mol. The lowest BCUT2D eigenvalue weighted by atomic mass is 10.2. The van der Waals surface area contributed by atoms with Gasteiger partial charge in [0, 0.05) is 19.7 Å². The van der Waals surface area contributed by atoms with Crippen LogP contribution in [0.4, 0.5) is 10.1 Å². The van der Waals surface area contributed by atoms with Gasteiger partial charge in [-0.3, -0.25) is 10.6 Å². The van der Waals surface area contributed by atoms with Crippen molar-refractivity contribution in [2.75, 3.05) is 18.2 Å². The fourth-order valence-electron chi connectivity index (χ4n) is 2.51. The normalized spacial score (nSPS) is 17.0. The molecule has 0 aliphatic carbocycles. The van der Waals surface area contributed by atoms with Crippen molar-refractivity contribution in [1.82, 2.24) is 15.6 Å². The maximum absolute atomic E-state index is 13.2. The van der Waals surface area contributed by atoms with E-state index in [1.54, 1.807) is 0 Å². The zero-order valence-electron chi connectivity index (χ0n) is 13.2. The highest BCUT2D eigenvalue weighted by molar-refractivity contribution is 6.31. The molecule has 134 valence electrons. The van der Waals surface area contributed by atoms with Crippen molar-refractivity contribution in [1.29, 1.82) is 5.41 Å². The molecule has 1 saturated heterocycles. The quantitative estimate of drug-likeness (QED) is 0.407. The largest absolute Gasteiger partial charge is 0.377 e. The summed E-state index contributed by atoms with van der Waals surface area (Å²) in [5.74, 6) is -0.981. The van der Waals surface area contributed by atoms with Gasteiger partial charge in [-0.05, 0) is 36.2 Å². The average Bonchev–Trinajstić information content (AvgIpc) is 3.28. The first-order chi connectivity index (χ1) is 12.1. The van der Waals surface area contributed by atoms with Gasteiger partial charge in [0.1, 0.15) is 11.5 Å². The smallest absolute Gasteiger partial charge is 0.182 e. The number of halogens is 2. The first-order valence-electron chi connectivity index (χ1n) is 7.73. The Morgan fingerprint density at radius 1 is 1.48 bits per heavy atom. The predicted octanol–water partition coefficient (Wildman–Crippen LogP) is 2.35. The van der Waals surface area contributed by atoms with Gasteiger partial charge >= 0.3 is 0 Å². The first kappa shape index (κ1) is 17.7. The van der Waals surface area contributed by atoms with E-state index in [-0.39, 0.29) is 28.3 Å². The van der Waals surface area contributed by atoms with Crippen molar-refractivity contribution >= 4 is 23.1 Å². The molecule has 25 heavy (non-hydrogen) atoms. The summed E-state index contributed by atoms with van der Waals surface area (Å²) in [4.78, 5) is 0. The van der Waals surface area contributed by atoms with Gasteiger partial charge in [-0.25, -0.2) is 14.1 Å². The van der Waals surface area contributed by atoms with Crippen LogP contribution in [-0.4, -0.2) is 40.6 Å². The third kappa shape index (κ3) is 4.13. The van der Waals surface area contributed by atoms with Crippen LogP contribution in [0.3, 0.4) is 0 Å². The van der Waals surface area contributed by atoms with Crippen LogP contribution >= 0.6 is 11.6 Å². The Bertz CT molecular complexity index is 751. The molecular weight excluding hydrogens is 353 g/mol. The molecule has 0 spiro atoms. The van der Waals surface area contributed by atoms with Crippen LogP contribution in [0.25, 0.3) is 0 Å². The van der Waals surface area contributed by atoms with Gasteiger partial charge in [-0.2, -0.15) is 0 Å². The standard InChI is InChI=1S/C15H17ClFN5O3/c16-11-6-9(3-4-12(11)17)22(23)15(18)14-13(20-25-21-14)8-19-7-10-2-1-5-24-10/h3-4,6,10,18-19,23H,1-2,5,7-8H2. The summed E-state index contributed by atoms with van der Waals surface area (Å²) < 4.78 is 23.4. The zero-order chi connectivity index (χ0) is 17.8. The molecule has 1 unspecified atom stereocenters. The number of ether oxygens (including phenoxy) is 1. The zero-order valence-corrected chi connectivity index (χ0v) is 14.0. The lowest BCUT2D eigenvalue weighted by Crippen LogP contribution is -2.30. The van der Waals surface area contributed by atoms with E-state index >= 15 is 0 Å². The molecule has 3 rings (SSSR count). The Hall–Kier alpha value is -2.07. The minimum Gasteiger partial charge on any atom is -0.377 e. The molecule has 8 nitrogen and oxygen atoms in total. The SMILES string of the molecule is N=C(c1nonc1CNCC1CCCO1)N(O)c1ccc(F)c(Cl)c1. The fraction of sp³-hybridized carbons (Fsp3) is 0.400. The van der Waals surface area contributed by atoms with Crippen LogP contribution in [0.5, 0.6) is 0 Å². The summed E-state index contributed by atoms with van der Waals surface area (Å²) in [6.45, 7) is 1.72. The molecule has 0 bridgehead atoms. The molecule has 2 heterocycles. The molecule has 1 atom stereocenters. The van der Waals surface area contributed by atoms with Crippen molar-refractivity contribution in [3.63, 3.8) is 0 Å². The van der Waals surface area contributed by atoms with E-state index < -0.39 is 5.82 Å². The number of nitrogens with one attached hydrogen (secondary N) is 2. The lowest BCUT2D eigenvalue weighted by Gasteiger charge is -2.17. The summed E-state index contributed by atoms with van der Waals surface area (Å²) in [5.41, 5.74) is 0.565. The second-order valence-electron chi connectivity index (χ2n) is 5.58. The summed E-state index contributed by atoms with van der Waals surface area (Å²) in [7, 11) is 0. The summed E-state index contributed by atoms with van der Waals surface area (Å²) >= 11 is 5.70. The van der Waals surface area contributed by atoms with E-state index in [0.29, 0.717) is 23.8 Å². The second-order valence-corrected chi connectivity index (χ2v) is 5.99. The molecule has 1 aromatic heterocycles. The van der Waals surface area contributed by atoms with Crippen molar-refractivity contribution in [2.24, 2.45) is 0 Å². The average molecular weight is 370 g/mol. The topological polar surface area (TPSA) is 108 Å². The summed E-state index contributed by atoms with van der Waals surface area (Å²) in [5, 5.41) is 29.2. The van der Waals surface area contributed by atoms with Gasteiger partial charge in [0.05, 0.1) is 16.8 Å². The van der Waals surface area contributed by atoms with Gasteiger partial charge in [0.15, 0.2) is 11.5 Å². The fourth-order valence-corrected chi connectivity index (χ4v) is 2.68. The number of hydroxylamine groups is 1. The van der Waals surface area contributed by atoms with Gasteiger partial charge in [0.2, 0.25) is 0 Å². The van der Waals surface area contributed by atoms with Crippen LogP contribution in [0, 0.1) is 11.2 Å². The van der Waals surface area contributed by atoms with Crippen LogP contribution in [-0.2, 0) is 11.3 Å². The molecule has 10 heteroatoms. The second kappa shape index (κ2) is 7.87. The molecule has 0 radical (unpaired) electrons. The Kier molecular flexibility index (Phi) is 5.59. The number of hydrogen-bond acceptors (Lipinski definition) is 7. The van der Waals surface area contributed by atoms with E-state index in [9.17, 15) is 9.60 Å². The van der Waals surface area contributed by atoms with Crippen molar-refractivity contribution < 1.29 is 19.0 Å². The van der Waals surface area contributed by atoms with Crippen LogP contribution < -0.4 is 10.4 Å². The number of anilines is 1. The van der Waals surface area contributed by atoms with Gasteiger partial charge in [-0.15, -0.1) is 0 Å². The molecule has 1 aliphatic heterocycles. The van der Waals surface area contributed by atoms with E-state index in [0.717, 1.165) is 25.5 Å². The molecule has 0 saturated carbocycles. The van der Waals surface area contributed by atoms with Crippen molar-refractivity contribution in [3.8, 4) is 0 Å². The third-order valence-electron chi connectivity index (χ3n) is 3.83. The molecule has 1 aromatic carbocycles. The molecule has 3 N–H and O–H groups in total. The third-order valence-corrected chi connectivity index (χ3v) is 4.12. The molecule has 2 aromatic rings. The number of amidine groups is 1. The summed E-state index contributed by atoms with van der Waals surface area (Å²) in [6, 6.07) is 3.59. The van der Waals surface area contributed by atoms with Gasteiger partial charge in [0.25, 0.3) is 0 Å². The van der Waals surface area contributed by atoms with Crippen LogP contribution in [0.2, 0.25) is 5.02 Å².